The van der Waals surface area contributed by atoms with Crippen LogP contribution in [0.2, 0.25) is 0 Å². The highest BCUT2D eigenvalue weighted by atomic mass is 32.1. The number of para-hydroxylation sites is 1. The van der Waals surface area contributed by atoms with Crippen LogP contribution in [0.15, 0.2) is 29.8 Å². The van der Waals surface area contributed by atoms with Gasteiger partial charge in [0.25, 0.3) is 0 Å². The molecule has 1 aromatic heterocycles. The first kappa shape index (κ1) is 13.7. The number of thiazole rings is 1. The molecule has 0 spiro atoms. The first-order valence-electron chi connectivity index (χ1n) is 6.34. The quantitative estimate of drug-likeness (QED) is 0.796. The summed E-state index contributed by atoms with van der Waals surface area (Å²) in [5.74, 6) is 0.731. The number of hydrogen-bond donors (Lipinski definition) is 2. The molecule has 2 rings (SSSR count). The Labute approximate surface area is 117 Å². The molecule has 102 valence electrons. The van der Waals surface area contributed by atoms with Crippen LogP contribution in [-0.4, -0.2) is 17.6 Å². The van der Waals surface area contributed by atoms with Crippen molar-refractivity contribution >= 4 is 22.7 Å². The van der Waals surface area contributed by atoms with E-state index in [4.69, 9.17) is 10.5 Å². The Morgan fingerprint density at radius 3 is 2.95 bits per heavy atom. The summed E-state index contributed by atoms with van der Waals surface area (Å²) < 4.78 is 5.66. The summed E-state index contributed by atoms with van der Waals surface area (Å²) in [5.41, 5.74) is 7.66. The van der Waals surface area contributed by atoms with Crippen molar-refractivity contribution in [3.63, 3.8) is 0 Å². The van der Waals surface area contributed by atoms with Gasteiger partial charge in [-0.3, -0.25) is 0 Å². The third kappa shape index (κ3) is 3.86. The Balaban J connectivity index is 1.96. The van der Waals surface area contributed by atoms with E-state index < -0.39 is 0 Å². The summed E-state index contributed by atoms with van der Waals surface area (Å²) in [6.45, 7) is 4.78. The van der Waals surface area contributed by atoms with E-state index in [1.807, 2.05) is 43.6 Å². The number of anilines is 2. The molecule has 2 aromatic rings. The predicted octanol–water partition coefficient (Wildman–Crippen LogP) is 3.17. The normalized spacial score (nSPS) is 10.7. The zero-order valence-electron chi connectivity index (χ0n) is 11.2. The van der Waals surface area contributed by atoms with E-state index in [1.54, 1.807) is 11.3 Å². The topological polar surface area (TPSA) is 60.2 Å². The molecule has 1 heterocycles. The van der Waals surface area contributed by atoms with Gasteiger partial charge < -0.3 is 15.8 Å². The van der Waals surface area contributed by atoms with Gasteiger partial charge in [0.15, 0.2) is 0 Å². The van der Waals surface area contributed by atoms with Crippen LogP contribution in [0.3, 0.4) is 0 Å². The molecule has 0 saturated carbocycles. The third-order valence-electron chi connectivity index (χ3n) is 2.57. The van der Waals surface area contributed by atoms with Crippen LogP contribution in [0, 0.1) is 0 Å². The van der Waals surface area contributed by atoms with Gasteiger partial charge in [-0.1, -0.05) is 6.07 Å². The summed E-state index contributed by atoms with van der Waals surface area (Å²) in [6, 6.07) is 5.80. The SMILES string of the molecule is CC(C)Oc1cccc(NCCc2nccs2)c1N. The minimum atomic E-state index is 0.118. The van der Waals surface area contributed by atoms with Gasteiger partial charge in [0, 0.05) is 24.5 Å². The van der Waals surface area contributed by atoms with Gasteiger partial charge in [-0.25, -0.2) is 4.98 Å². The highest BCUT2D eigenvalue weighted by Gasteiger charge is 2.07. The number of aromatic nitrogens is 1. The summed E-state index contributed by atoms with van der Waals surface area (Å²) in [7, 11) is 0. The average Bonchev–Trinajstić information content (AvgIpc) is 2.86. The minimum absolute atomic E-state index is 0.118. The number of hydrogen-bond acceptors (Lipinski definition) is 5. The fourth-order valence-electron chi connectivity index (χ4n) is 1.74. The highest BCUT2D eigenvalue weighted by Crippen LogP contribution is 2.30. The van der Waals surface area contributed by atoms with Crippen LogP contribution in [0.1, 0.15) is 18.9 Å². The molecule has 0 atom stereocenters. The van der Waals surface area contributed by atoms with E-state index in [9.17, 15) is 0 Å². The Morgan fingerprint density at radius 2 is 2.26 bits per heavy atom. The number of rotatable bonds is 6. The molecule has 1 aromatic carbocycles. The zero-order chi connectivity index (χ0) is 13.7. The van der Waals surface area contributed by atoms with Crippen molar-refractivity contribution < 1.29 is 4.74 Å². The lowest BCUT2D eigenvalue weighted by Crippen LogP contribution is -2.10. The van der Waals surface area contributed by atoms with Gasteiger partial charge in [0.05, 0.1) is 22.5 Å². The van der Waals surface area contributed by atoms with Gasteiger partial charge in [-0.05, 0) is 26.0 Å². The second-order valence-electron chi connectivity index (χ2n) is 4.49. The molecule has 0 aliphatic rings. The van der Waals surface area contributed by atoms with E-state index in [0.717, 1.165) is 29.4 Å². The highest BCUT2D eigenvalue weighted by molar-refractivity contribution is 7.09. The standard InChI is InChI=1S/C14H19N3OS/c1-10(2)18-12-5-3-4-11(14(12)15)16-7-6-13-17-8-9-19-13/h3-5,8-10,16H,6-7,15H2,1-2H3. The van der Waals surface area contributed by atoms with Gasteiger partial charge >= 0.3 is 0 Å². The lowest BCUT2D eigenvalue weighted by molar-refractivity contribution is 0.244. The Kier molecular flexibility index (Phi) is 4.63. The number of nitrogens with two attached hydrogens (primary N) is 1. The summed E-state index contributed by atoms with van der Waals surface area (Å²) in [6.07, 6.45) is 2.84. The van der Waals surface area contributed by atoms with E-state index in [1.165, 1.54) is 0 Å². The molecule has 0 aliphatic heterocycles. The largest absolute Gasteiger partial charge is 0.489 e. The van der Waals surface area contributed by atoms with Crippen molar-refractivity contribution in [2.24, 2.45) is 0 Å². The van der Waals surface area contributed by atoms with E-state index >= 15 is 0 Å². The van der Waals surface area contributed by atoms with Crippen LogP contribution < -0.4 is 15.8 Å². The Hall–Kier alpha value is -1.75. The van der Waals surface area contributed by atoms with Crippen LogP contribution in [0.4, 0.5) is 11.4 Å². The second-order valence-corrected chi connectivity index (χ2v) is 5.47. The number of nitrogens with zero attached hydrogens (tertiary/aromatic N) is 1. The number of benzene rings is 1. The monoisotopic (exact) mass is 277 g/mol. The van der Waals surface area contributed by atoms with Crippen LogP contribution in [0.5, 0.6) is 5.75 Å². The molecule has 0 bridgehead atoms. The van der Waals surface area contributed by atoms with E-state index in [0.29, 0.717) is 5.69 Å². The number of ether oxygens (including phenoxy) is 1. The first-order chi connectivity index (χ1) is 9.16. The molecular weight excluding hydrogens is 258 g/mol. The summed E-state index contributed by atoms with van der Waals surface area (Å²) >= 11 is 1.67. The molecule has 0 saturated heterocycles. The van der Waals surface area contributed by atoms with Crippen molar-refractivity contribution in [1.29, 1.82) is 0 Å². The Morgan fingerprint density at radius 1 is 1.42 bits per heavy atom. The van der Waals surface area contributed by atoms with E-state index in [2.05, 4.69) is 10.3 Å². The number of nitrogens with one attached hydrogen (secondary N) is 1. The van der Waals surface area contributed by atoms with Gasteiger partial charge in [-0.2, -0.15) is 0 Å². The predicted molar refractivity (Wildman–Crippen MR) is 80.9 cm³/mol. The molecule has 0 radical (unpaired) electrons. The smallest absolute Gasteiger partial charge is 0.144 e. The van der Waals surface area contributed by atoms with Crippen LogP contribution in [-0.2, 0) is 6.42 Å². The minimum Gasteiger partial charge on any atom is -0.489 e. The van der Waals surface area contributed by atoms with Crippen LogP contribution in [0.25, 0.3) is 0 Å². The maximum atomic E-state index is 6.09. The van der Waals surface area contributed by atoms with Gasteiger partial charge in [0.2, 0.25) is 0 Å². The Bertz CT molecular complexity index is 511. The molecule has 0 unspecified atom stereocenters. The van der Waals surface area contributed by atoms with Crippen molar-refractivity contribution in [1.82, 2.24) is 4.98 Å². The fourth-order valence-corrected chi connectivity index (χ4v) is 2.36. The molecule has 0 amide bonds. The van der Waals surface area contributed by atoms with Crippen molar-refractivity contribution in [3.05, 3.63) is 34.8 Å². The fraction of sp³-hybridized carbons (Fsp3) is 0.357. The lowest BCUT2D eigenvalue weighted by Gasteiger charge is -2.15. The van der Waals surface area contributed by atoms with Gasteiger partial charge in [-0.15, -0.1) is 11.3 Å². The van der Waals surface area contributed by atoms with Crippen molar-refractivity contribution in [2.45, 2.75) is 26.4 Å². The molecule has 19 heavy (non-hydrogen) atoms. The van der Waals surface area contributed by atoms with Crippen LogP contribution >= 0.6 is 11.3 Å². The summed E-state index contributed by atoms with van der Waals surface area (Å²) in [5, 5.41) is 6.44. The molecular formula is C14H19N3OS. The zero-order valence-corrected chi connectivity index (χ0v) is 12.0. The lowest BCUT2D eigenvalue weighted by atomic mass is 10.2. The third-order valence-corrected chi connectivity index (χ3v) is 3.41. The average molecular weight is 277 g/mol. The van der Waals surface area contributed by atoms with Crippen molar-refractivity contribution in [3.8, 4) is 5.75 Å². The molecule has 4 nitrogen and oxygen atoms in total. The van der Waals surface area contributed by atoms with Crippen molar-refractivity contribution in [2.75, 3.05) is 17.6 Å². The molecule has 3 N–H and O–H groups in total. The van der Waals surface area contributed by atoms with E-state index in [-0.39, 0.29) is 6.10 Å². The molecule has 0 aliphatic carbocycles. The summed E-state index contributed by atoms with van der Waals surface area (Å²) in [4.78, 5) is 4.25. The molecule has 5 heteroatoms. The maximum absolute atomic E-state index is 6.09. The molecule has 0 fully saturated rings. The maximum Gasteiger partial charge on any atom is 0.144 e. The van der Waals surface area contributed by atoms with Gasteiger partial charge in [0.1, 0.15) is 5.75 Å². The number of nitrogen functional groups attached to an aromatic ring is 1. The first-order valence-corrected chi connectivity index (χ1v) is 7.22. The second kappa shape index (κ2) is 6.43.